The van der Waals surface area contributed by atoms with Crippen LogP contribution in [-0.2, 0) is 14.2 Å². The molecule has 24 heavy (non-hydrogen) atoms. The van der Waals surface area contributed by atoms with Crippen LogP contribution in [0.1, 0.15) is 12.8 Å². The Bertz CT molecular complexity index is 358. The molecule has 0 aromatic carbocycles. The first-order valence-corrected chi connectivity index (χ1v) is 6.66. The van der Waals surface area contributed by atoms with E-state index in [0.717, 1.165) is 0 Å². The Kier molecular flexibility index (Phi) is 8.80. The SMILES string of the molecule is COCCOCCOCCCC(F)(F)C(F)(F)C(F)(F)C(F)(F)F. The highest BCUT2D eigenvalue weighted by Crippen LogP contribution is 2.54. The summed E-state index contributed by atoms with van der Waals surface area (Å²) in [4.78, 5) is 0. The van der Waals surface area contributed by atoms with E-state index in [9.17, 15) is 39.5 Å². The van der Waals surface area contributed by atoms with Crippen molar-refractivity contribution in [2.24, 2.45) is 0 Å². The van der Waals surface area contributed by atoms with Crippen molar-refractivity contribution in [3.05, 3.63) is 0 Å². The molecule has 0 saturated carbocycles. The Morgan fingerprint density at radius 1 is 0.625 bits per heavy atom. The van der Waals surface area contributed by atoms with Gasteiger partial charge in [0.15, 0.2) is 0 Å². The van der Waals surface area contributed by atoms with Crippen LogP contribution in [0.2, 0.25) is 0 Å². The number of ether oxygens (including phenoxy) is 3. The highest BCUT2D eigenvalue weighted by Gasteiger charge is 2.81. The van der Waals surface area contributed by atoms with Crippen LogP contribution in [0.25, 0.3) is 0 Å². The van der Waals surface area contributed by atoms with Gasteiger partial charge in [0.25, 0.3) is 0 Å². The minimum Gasteiger partial charge on any atom is -0.382 e. The molecule has 0 saturated heterocycles. The first-order chi connectivity index (χ1) is 10.8. The maximum Gasteiger partial charge on any atom is 0.460 e. The highest BCUT2D eigenvalue weighted by atomic mass is 19.4. The fourth-order valence-electron chi connectivity index (χ4n) is 1.43. The number of hydrogen-bond donors (Lipinski definition) is 0. The maximum absolute atomic E-state index is 13.1. The van der Waals surface area contributed by atoms with E-state index in [1.54, 1.807) is 0 Å². The molecular formula is C12H17F9O3. The summed E-state index contributed by atoms with van der Waals surface area (Å²) in [6, 6.07) is 0. The number of methoxy groups -OCH3 is 1. The van der Waals surface area contributed by atoms with Crippen LogP contribution in [0.4, 0.5) is 39.5 Å². The summed E-state index contributed by atoms with van der Waals surface area (Å²) in [6.07, 6.45) is -9.53. The normalized spacial score (nSPS) is 14.2. The number of halogens is 9. The molecule has 0 rings (SSSR count). The van der Waals surface area contributed by atoms with Crippen LogP contribution in [0.5, 0.6) is 0 Å². The number of rotatable bonds is 12. The summed E-state index contributed by atoms with van der Waals surface area (Å²) >= 11 is 0. The molecule has 0 aromatic rings. The first kappa shape index (κ1) is 23.2. The second-order valence-electron chi connectivity index (χ2n) is 4.67. The molecule has 0 fully saturated rings. The van der Waals surface area contributed by atoms with Gasteiger partial charge in [-0.25, -0.2) is 0 Å². The van der Waals surface area contributed by atoms with Crippen LogP contribution >= 0.6 is 0 Å². The summed E-state index contributed by atoms with van der Waals surface area (Å²) in [5.41, 5.74) is 0. The van der Waals surface area contributed by atoms with E-state index in [2.05, 4.69) is 4.74 Å². The van der Waals surface area contributed by atoms with Gasteiger partial charge in [0.2, 0.25) is 0 Å². The van der Waals surface area contributed by atoms with Gasteiger partial charge in [-0.3, -0.25) is 0 Å². The van der Waals surface area contributed by atoms with Gasteiger partial charge in [-0.2, -0.15) is 39.5 Å². The van der Waals surface area contributed by atoms with Gasteiger partial charge in [-0.15, -0.1) is 0 Å². The molecule has 0 spiro atoms. The Balaban J connectivity index is 4.30. The molecule has 146 valence electrons. The Labute approximate surface area is 132 Å². The molecule has 0 aromatic heterocycles. The minimum atomic E-state index is -6.85. The molecular weight excluding hydrogens is 363 g/mol. The molecule has 0 radical (unpaired) electrons. The largest absolute Gasteiger partial charge is 0.460 e. The van der Waals surface area contributed by atoms with Crippen LogP contribution < -0.4 is 0 Å². The second-order valence-corrected chi connectivity index (χ2v) is 4.67. The van der Waals surface area contributed by atoms with E-state index in [1.807, 2.05) is 0 Å². The number of alkyl halides is 9. The smallest absolute Gasteiger partial charge is 0.382 e. The molecule has 0 aliphatic heterocycles. The zero-order chi connectivity index (χ0) is 19.1. The third-order valence-electron chi connectivity index (χ3n) is 2.79. The summed E-state index contributed by atoms with van der Waals surface area (Å²) in [5, 5.41) is 0. The average Bonchev–Trinajstić information content (AvgIpc) is 2.43. The predicted octanol–water partition coefficient (Wildman–Crippen LogP) is 3.91. The number of hydrogen-bond acceptors (Lipinski definition) is 3. The van der Waals surface area contributed by atoms with E-state index >= 15 is 0 Å². The lowest BCUT2D eigenvalue weighted by atomic mass is 10.00. The Morgan fingerprint density at radius 3 is 1.54 bits per heavy atom. The lowest BCUT2D eigenvalue weighted by molar-refractivity contribution is -0.396. The van der Waals surface area contributed by atoms with E-state index in [4.69, 9.17) is 9.47 Å². The quantitative estimate of drug-likeness (QED) is 0.380. The van der Waals surface area contributed by atoms with Crippen molar-refractivity contribution in [1.29, 1.82) is 0 Å². The van der Waals surface area contributed by atoms with E-state index in [0.29, 0.717) is 6.61 Å². The van der Waals surface area contributed by atoms with Gasteiger partial charge in [0.1, 0.15) is 0 Å². The summed E-state index contributed by atoms with van der Waals surface area (Å²) in [6.45, 7) is -0.0469. The topological polar surface area (TPSA) is 27.7 Å². The van der Waals surface area contributed by atoms with Gasteiger partial charge in [0.05, 0.1) is 26.4 Å². The van der Waals surface area contributed by atoms with E-state index in [1.165, 1.54) is 7.11 Å². The van der Waals surface area contributed by atoms with Crippen molar-refractivity contribution in [3.63, 3.8) is 0 Å². The summed E-state index contributed by atoms with van der Waals surface area (Å²) in [5.74, 6) is -19.0. The summed E-state index contributed by atoms with van der Waals surface area (Å²) in [7, 11) is 1.43. The average molecular weight is 380 g/mol. The van der Waals surface area contributed by atoms with E-state index in [-0.39, 0.29) is 19.8 Å². The van der Waals surface area contributed by atoms with Gasteiger partial charge in [-0.05, 0) is 6.42 Å². The van der Waals surface area contributed by atoms with E-state index < -0.39 is 43.4 Å². The molecule has 12 heteroatoms. The highest BCUT2D eigenvalue weighted by molar-refractivity contribution is 5.00. The second kappa shape index (κ2) is 9.09. The fraction of sp³-hybridized carbons (Fsp3) is 1.00. The predicted molar refractivity (Wildman–Crippen MR) is 63.6 cm³/mol. The molecule has 3 nitrogen and oxygen atoms in total. The van der Waals surface area contributed by atoms with Crippen LogP contribution in [0.15, 0.2) is 0 Å². The molecule has 0 bridgehead atoms. The zero-order valence-corrected chi connectivity index (χ0v) is 12.6. The zero-order valence-electron chi connectivity index (χ0n) is 12.6. The van der Waals surface area contributed by atoms with Gasteiger partial charge < -0.3 is 14.2 Å². The Hall–Kier alpha value is -0.750. The third kappa shape index (κ3) is 5.96. The molecule has 0 aliphatic carbocycles. The van der Waals surface area contributed by atoms with Crippen molar-refractivity contribution in [2.75, 3.05) is 40.1 Å². The molecule has 0 aliphatic rings. The van der Waals surface area contributed by atoms with Crippen LogP contribution in [-0.4, -0.2) is 64.1 Å². The van der Waals surface area contributed by atoms with Crippen LogP contribution in [0.3, 0.4) is 0 Å². The fourth-order valence-corrected chi connectivity index (χ4v) is 1.43. The monoisotopic (exact) mass is 380 g/mol. The third-order valence-corrected chi connectivity index (χ3v) is 2.79. The Morgan fingerprint density at radius 2 is 1.08 bits per heavy atom. The lowest BCUT2D eigenvalue weighted by Gasteiger charge is -2.33. The lowest BCUT2D eigenvalue weighted by Crippen LogP contribution is -2.60. The van der Waals surface area contributed by atoms with Gasteiger partial charge in [0, 0.05) is 20.1 Å². The van der Waals surface area contributed by atoms with Crippen molar-refractivity contribution in [1.82, 2.24) is 0 Å². The maximum atomic E-state index is 13.1. The van der Waals surface area contributed by atoms with Crippen molar-refractivity contribution in [3.8, 4) is 0 Å². The molecule has 0 heterocycles. The molecule has 0 unspecified atom stereocenters. The van der Waals surface area contributed by atoms with Crippen molar-refractivity contribution in [2.45, 2.75) is 36.8 Å². The van der Waals surface area contributed by atoms with Gasteiger partial charge >= 0.3 is 23.9 Å². The summed E-state index contributed by atoms with van der Waals surface area (Å²) < 4.78 is 127. The minimum absolute atomic E-state index is 0.0437. The first-order valence-electron chi connectivity index (χ1n) is 6.66. The van der Waals surface area contributed by atoms with Gasteiger partial charge in [-0.1, -0.05) is 0 Å². The molecule has 0 N–H and O–H groups in total. The molecule has 0 amide bonds. The van der Waals surface area contributed by atoms with Crippen molar-refractivity contribution >= 4 is 0 Å². The standard InChI is InChI=1S/C12H17F9O3/c1-22-5-6-24-8-7-23-4-2-3-9(13,14)10(15,16)11(17,18)12(19,20)21/h2-8H2,1H3. The molecule has 0 atom stereocenters. The van der Waals surface area contributed by atoms with Crippen molar-refractivity contribution < 1.29 is 53.7 Å². The van der Waals surface area contributed by atoms with Crippen LogP contribution in [0, 0.1) is 0 Å².